The van der Waals surface area contributed by atoms with Crippen molar-refractivity contribution in [2.45, 2.75) is 13.1 Å². The molecule has 3 N–H and O–H groups in total. The fourth-order valence-electron chi connectivity index (χ4n) is 3.19. The Morgan fingerprint density at radius 2 is 1.71 bits per heavy atom. The lowest BCUT2D eigenvalue weighted by atomic mass is 9.94. The van der Waals surface area contributed by atoms with Crippen molar-refractivity contribution in [1.29, 1.82) is 0 Å². The van der Waals surface area contributed by atoms with E-state index < -0.39 is 0 Å². The number of halogens is 1. The summed E-state index contributed by atoms with van der Waals surface area (Å²) in [6.45, 7) is 1.19. The molecule has 5 heteroatoms. The predicted octanol–water partition coefficient (Wildman–Crippen LogP) is 5.13. The van der Waals surface area contributed by atoms with Crippen molar-refractivity contribution in [3.8, 4) is 22.6 Å². The van der Waals surface area contributed by atoms with Crippen LogP contribution in [0.4, 0.5) is 0 Å². The average molecular weight is 391 g/mol. The maximum atomic E-state index is 9.61. The normalized spacial score (nSPS) is 14.1. The second kappa shape index (κ2) is 7.79. The minimum absolute atomic E-state index is 0.120. The monoisotopic (exact) mass is 390 g/mol. The van der Waals surface area contributed by atoms with E-state index in [1.165, 1.54) is 11.6 Å². The number of fused-ring (bicyclic) bond motifs is 1. The molecule has 1 heterocycles. The summed E-state index contributed by atoms with van der Waals surface area (Å²) in [4.78, 5) is 4.44. The maximum Gasteiger partial charge on any atom is 0.157 e. The van der Waals surface area contributed by atoms with Gasteiger partial charge in [-0.05, 0) is 58.1 Å². The minimum atomic E-state index is -0.121. The zero-order chi connectivity index (χ0) is 19.5. The third kappa shape index (κ3) is 3.87. The molecule has 0 atom stereocenters. The number of benzene rings is 3. The average Bonchev–Trinajstić information content (AvgIpc) is 2.71. The van der Waals surface area contributed by atoms with Crippen LogP contribution < -0.4 is 5.32 Å². The van der Waals surface area contributed by atoms with Crippen molar-refractivity contribution >= 4 is 23.4 Å². The van der Waals surface area contributed by atoms with Gasteiger partial charge in [0.2, 0.25) is 0 Å². The first kappa shape index (κ1) is 18.1. The molecule has 0 amide bonds. The number of hydrogen-bond acceptors (Lipinski definition) is 4. The molecule has 28 heavy (non-hydrogen) atoms. The predicted molar refractivity (Wildman–Crippen MR) is 114 cm³/mol. The van der Waals surface area contributed by atoms with E-state index in [0.29, 0.717) is 13.1 Å². The van der Waals surface area contributed by atoms with E-state index in [1.807, 2.05) is 36.7 Å². The maximum absolute atomic E-state index is 9.61. The summed E-state index contributed by atoms with van der Waals surface area (Å²) < 4.78 is 0. The molecule has 0 fully saturated rings. The Kier molecular flexibility index (Phi) is 5.04. The standard InChI is InChI=1S/C23H19ClN2O2/c24-20-6-4-16(5-7-20)17-2-3-18-12-26-14-19(21(18)10-17)13-25-11-15-1-8-22(27)23(28)9-15/h1-10,13-14,25,27-28H,11-12H2. The van der Waals surface area contributed by atoms with E-state index in [2.05, 4.69) is 28.5 Å². The van der Waals surface area contributed by atoms with Gasteiger partial charge in [0.25, 0.3) is 0 Å². The third-order valence-corrected chi connectivity index (χ3v) is 4.95. The van der Waals surface area contributed by atoms with Crippen LogP contribution in [0.3, 0.4) is 0 Å². The van der Waals surface area contributed by atoms with E-state index in [9.17, 15) is 10.2 Å². The first-order valence-electron chi connectivity index (χ1n) is 8.93. The van der Waals surface area contributed by atoms with Gasteiger partial charge in [0.1, 0.15) is 0 Å². The largest absolute Gasteiger partial charge is 0.504 e. The summed E-state index contributed by atoms with van der Waals surface area (Å²) in [6, 6.07) is 19.0. The second-order valence-corrected chi connectivity index (χ2v) is 7.09. The molecule has 140 valence electrons. The highest BCUT2D eigenvalue weighted by molar-refractivity contribution is 6.30. The van der Waals surface area contributed by atoms with Crippen molar-refractivity contribution in [3.63, 3.8) is 0 Å². The van der Waals surface area contributed by atoms with Crippen molar-refractivity contribution in [2.75, 3.05) is 0 Å². The number of hydrogen-bond donors (Lipinski definition) is 3. The van der Waals surface area contributed by atoms with Gasteiger partial charge in [0, 0.05) is 29.6 Å². The number of allylic oxidation sites excluding steroid dienone is 1. The molecule has 4 nitrogen and oxygen atoms in total. The van der Waals surface area contributed by atoms with Gasteiger partial charge in [-0.2, -0.15) is 0 Å². The van der Waals surface area contributed by atoms with E-state index in [0.717, 1.165) is 32.8 Å². The Morgan fingerprint density at radius 3 is 2.50 bits per heavy atom. The van der Waals surface area contributed by atoms with E-state index >= 15 is 0 Å². The number of rotatable bonds is 4. The van der Waals surface area contributed by atoms with E-state index in [4.69, 9.17) is 11.6 Å². The van der Waals surface area contributed by atoms with E-state index in [-0.39, 0.29) is 11.5 Å². The minimum Gasteiger partial charge on any atom is -0.504 e. The first-order chi connectivity index (χ1) is 13.6. The summed E-state index contributed by atoms with van der Waals surface area (Å²) in [6.07, 6.45) is 3.80. The number of aromatic hydroxyl groups is 2. The summed E-state index contributed by atoms with van der Waals surface area (Å²) in [5, 5.41) is 23.0. The molecular weight excluding hydrogens is 372 g/mol. The Hall–Kier alpha value is -3.24. The molecule has 4 rings (SSSR count). The zero-order valence-corrected chi connectivity index (χ0v) is 15.8. The highest BCUT2D eigenvalue weighted by atomic mass is 35.5. The van der Waals surface area contributed by atoms with Crippen molar-refractivity contribution in [1.82, 2.24) is 5.32 Å². The fourth-order valence-corrected chi connectivity index (χ4v) is 3.32. The summed E-state index contributed by atoms with van der Waals surface area (Å²) >= 11 is 6.00. The fraction of sp³-hybridized carbons (Fsp3) is 0.0870. The Balaban J connectivity index is 1.57. The van der Waals surface area contributed by atoms with Gasteiger partial charge in [-0.3, -0.25) is 4.99 Å². The SMILES string of the molecule is Oc1ccc(CNC=C2C=NCc3ccc(-c4ccc(Cl)cc4)cc32)cc1O. The van der Waals surface area contributed by atoms with Crippen LogP contribution in [0.25, 0.3) is 16.7 Å². The topological polar surface area (TPSA) is 64.8 Å². The van der Waals surface area contributed by atoms with Crippen LogP contribution in [-0.2, 0) is 13.1 Å². The van der Waals surface area contributed by atoms with Gasteiger partial charge in [0.05, 0.1) is 6.54 Å². The summed E-state index contributed by atoms with van der Waals surface area (Å²) in [5.74, 6) is -0.241. The summed E-state index contributed by atoms with van der Waals surface area (Å²) in [7, 11) is 0. The second-order valence-electron chi connectivity index (χ2n) is 6.65. The van der Waals surface area contributed by atoms with Gasteiger partial charge in [-0.1, -0.05) is 41.9 Å². The molecule has 0 saturated heterocycles. The molecule has 0 radical (unpaired) electrons. The molecule has 1 aliphatic rings. The molecule has 0 unspecified atom stereocenters. The van der Waals surface area contributed by atoms with Gasteiger partial charge >= 0.3 is 0 Å². The molecule has 3 aromatic carbocycles. The molecule has 0 saturated carbocycles. The van der Waals surface area contributed by atoms with Gasteiger partial charge in [-0.25, -0.2) is 0 Å². The van der Waals surface area contributed by atoms with Crippen LogP contribution in [0.1, 0.15) is 16.7 Å². The Bertz CT molecular complexity index is 1070. The highest BCUT2D eigenvalue weighted by Crippen LogP contribution is 2.30. The molecule has 0 spiro atoms. The van der Waals surface area contributed by atoms with Crippen LogP contribution in [0, 0.1) is 0 Å². The lowest BCUT2D eigenvalue weighted by Gasteiger charge is -2.16. The van der Waals surface area contributed by atoms with Crippen LogP contribution in [0.15, 0.2) is 71.9 Å². The van der Waals surface area contributed by atoms with Gasteiger partial charge in [-0.15, -0.1) is 0 Å². The Morgan fingerprint density at radius 1 is 0.929 bits per heavy atom. The lowest BCUT2D eigenvalue weighted by molar-refractivity contribution is 0.403. The smallest absolute Gasteiger partial charge is 0.157 e. The van der Waals surface area contributed by atoms with Crippen LogP contribution in [0.2, 0.25) is 5.02 Å². The molecule has 0 bridgehead atoms. The quantitative estimate of drug-likeness (QED) is 0.541. The molecule has 0 aromatic heterocycles. The number of nitrogens with zero attached hydrogens (tertiary/aromatic N) is 1. The zero-order valence-electron chi connectivity index (χ0n) is 15.1. The first-order valence-corrected chi connectivity index (χ1v) is 9.31. The van der Waals surface area contributed by atoms with Crippen LogP contribution >= 0.6 is 11.6 Å². The summed E-state index contributed by atoms with van der Waals surface area (Å²) in [5.41, 5.74) is 6.43. The molecule has 1 aliphatic heterocycles. The van der Waals surface area contributed by atoms with Gasteiger partial charge < -0.3 is 15.5 Å². The molecular formula is C23H19ClN2O2. The number of nitrogens with one attached hydrogen (secondary N) is 1. The molecule has 3 aromatic rings. The van der Waals surface area contributed by atoms with Crippen molar-refractivity contribution in [2.24, 2.45) is 4.99 Å². The van der Waals surface area contributed by atoms with Crippen LogP contribution in [0.5, 0.6) is 11.5 Å². The number of phenolic OH excluding ortho intramolecular Hbond substituents is 2. The van der Waals surface area contributed by atoms with Gasteiger partial charge in [0.15, 0.2) is 11.5 Å². The highest BCUT2D eigenvalue weighted by Gasteiger charge is 2.12. The third-order valence-electron chi connectivity index (χ3n) is 4.69. The lowest BCUT2D eigenvalue weighted by Crippen LogP contribution is -2.09. The van der Waals surface area contributed by atoms with Crippen molar-refractivity contribution in [3.05, 3.63) is 88.6 Å². The van der Waals surface area contributed by atoms with Crippen molar-refractivity contribution < 1.29 is 10.2 Å². The number of phenols is 2. The number of aliphatic imine (C=N–C) groups is 1. The van der Waals surface area contributed by atoms with E-state index in [1.54, 1.807) is 12.1 Å². The molecule has 0 aliphatic carbocycles. The van der Waals surface area contributed by atoms with Crippen LogP contribution in [-0.4, -0.2) is 16.4 Å². The Labute approximate surface area is 168 Å².